The molecule has 0 bridgehead atoms. The summed E-state index contributed by atoms with van der Waals surface area (Å²) in [6.45, 7) is 1.98. The molecule has 0 aliphatic carbocycles. The standard InChI is InChI=1S/C13H17N3O2S/c17-12(8-18-9-13-2-1-5-19-13)7-15-6-11-3-4-14-10-16-11/h1-5,10,12,15,17H,6-9H2. The van der Waals surface area contributed by atoms with Crippen LogP contribution in [-0.4, -0.2) is 34.3 Å². The first-order chi connectivity index (χ1) is 9.34. The quantitative estimate of drug-likeness (QED) is 0.760. The predicted octanol–water partition coefficient (Wildman–Crippen LogP) is 1.21. The molecule has 2 heterocycles. The van der Waals surface area contributed by atoms with Gasteiger partial charge in [-0.25, -0.2) is 9.97 Å². The monoisotopic (exact) mass is 279 g/mol. The predicted molar refractivity (Wildman–Crippen MR) is 73.7 cm³/mol. The van der Waals surface area contributed by atoms with Gasteiger partial charge in [-0.15, -0.1) is 11.3 Å². The van der Waals surface area contributed by atoms with E-state index in [1.165, 1.54) is 11.2 Å². The molecule has 0 saturated heterocycles. The number of nitrogens with one attached hydrogen (secondary N) is 1. The molecule has 2 N–H and O–H groups in total. The Bertz CT molecular complexity index is 450. The van der Waals surface area contributed by atoms with E-state index in [0.717, 1.165) is 5.69 Å². The molecule has 0 aromatic carbocycles. The summed E-state index contributed by atoms with van der Waals surface area (Å²) >= 11 is 1.65. The van der Waals surface area contributed by atoms with Crippen LogP contribution < -0.4 is 5.32 Å². The van der Waals surface area contributed by atoms with E-state index in [0.29, 0.717) is 26.3 Å². The zero-order valence-electron chi connectivity index (χ0n) is 10.5. The lowest BCUT2D eigenvalue weighted by molar-refractivity contribution is 0.0297. The fraction of sp³-hybridized carbons (Fsp3) is 0.385. The van der Waals surface area contributed by atoms with Crippen molar-refractivity contribution in [2.75, 3.05) is 13.2 Å². The zero-order valence-corrected chi connectivity index (χ0v) is 11.3. The molecule has 102 valence electrons. The highest BCUT2D eigenvalue weighted by Crippen LogP contribution is 2.09. The van der Waals surface area contributed by atoms with Crippen molar-refractivity contribution in [1.82, 2.24) is 15.3 Å². The lowest BCUT2D eigenvalue weighted by atomic mass is 10.3. The highest BCUT2D eigenvalue weighted by Gasteiger charge is 2.04. The van der Waals surface area contributed by atoms with Gasteiger partial charge in [-0.2, -0.15) is 0 Å². The van der Waals surface area contributed by atoms with Crippen LogP contribution in [0.15, 0.2) is 36.1 Å². The molecule has 1 unspecified atom stereocenters. The van der Waals surface area contributed by atoms with Gasteiger partial charge in [0.25, 0.3) is 0 Å². The van der Waals surface area contributed by atoms with Gasteiger partial charge < -0.3 is 15.2 Å². The van der Waals surface area contributed by atoms with E-state index >= 15 is 0 Å². The van der Waals surface area contributed by atoms with Crippen molar-refractivity contribution in [3.8, 4) is 0 Å². The van der Waals surface area contributed by atoms with Crippen molar-refractivity contribution in [2.45, 2.75) is 19.3 Å². The molecule has 2 aromatic heterocycles. The summed E-state index contributed by atoms with van der Waals surface area (Å²) in [4.78, 5) is 9.10. The number of aliphatic hydroxyl groups is 1. The maximum absolute atomic E-state index is 9.74. The smallest absolute Gasteiger partial charge is 0.115 e. The Morgan fingerprint density at radius 1 is 1.42 bits per heavy atom. The van der Waals surface area contributed by atoms with Crippen LogP contribution in [0.1, 0.15) is 10.6 Å². The Kier molecular flexibility index (Phi) is 5.90. The minimum absolute atomic E-state index is 0.328. The minimum Gasteiger partial charge on any atom is -0.389 e. The highest BCUT2D eigenvalue weighted by molar-refractivity contribution is 7.09. The fourth-order valence-corrected chi connectivity index (χ4v) is 2.18. The Morgan fingerprint density at radius 2 is 2.37 bits per heavy atom. The van der Waals surface area contributed by atoms with Gasteiger partial charge in [0.15, 0.2) is 0 Å². The molecule has 0 fully saturated rings. The molecule has 2 aromatic rings. The van der Waals surface area contributed by atoms with E-state index in [-0.39, 0.29) is 0 Å². The molecule has 0 spiro atoms. The number of nitrogens with zero attached hydrogens (tertiary/aromatic N) is 2. The summed E-state index contributed by atoms with van der Waals surface area (Å²) < 4.78 is 5.44. The van der Waals surface area contributed by atoms with Crippen LogP contribution in [0.4, 0.5) is 0 Å². The summed E-state index contributed by atoms with van der Waals surface area (Å²) in [6.07, 6.45) is 2.70. The third-order valence-corrected chi connectivity index (χ3v) is 3.31. The lowest BCUT2D eigenvalue weighted by Gasteiger charge is -2.11. The van der Waals surface area contributed by atoms with Crippen LogP contribution in [0.25, 0.3) is 0 Å². The van der Waals surface area contributed by atoms with Crippen LogP contribution in [0.2, 0.25) is 0 Å². The maximum Gasteiger partial charge on any atom is 0.115 e. The molecule has 19 heavy (non-hydrogen) atoms. The van der Waals surface area contributed by atoms with Gasteiger partial charge in [0.05, 0.1) is 25.0 Å². The second-order valence-corrected chi connectivity index (χ2v) is 5.11. The Balaban J connectivity index is 1.56. The second-order valence-electron chi connectivity index (χ2n) is 4.08. The number of aliphatic hydroxyl groups excluding tert-OH is 1. The molecular weight excluding hydrogens is 262 g/mol. The molecule has 5 nitrogen and oxygen atoms in total. The van der Waals surface area contributed by atoms with Gasteiger partial charge >= 0.3 is 0 Å². The third-order valence-electron chi connectivity index (χ3n) is 2.46. The van der Waals surface area contributed by atoms with E-state index in [9.17, 15) is 5.11 Å². The lowest BCUT2D eigenvalue weighted by Crippen LogP contribution is -2.30. The number of ether oxygens (including phenoxy) is 1. The number of rotatable bonds is 8. The highest BCUT2D eigenvalue weighted by atomic mass is 32.1. The SMILES string of the molecule is OC(CNCc1ccncn1)COCc1cccs1. The molecule has 6 heteroatoms. The number of aromatic nitrogens is 2. The summed E-state index contributed by atoms with van der Waals surface area (Å²) in [6, 6.07) is 5.85. The zero-order chi connectivity index (χ0) is 13.3. The summed E-state index contributed by atoms with van der Waals surface area (Å²) in [5.41, 5.74) is 0.904. The van der Waals surface area contributed by atoms with Crippen molar-refractivity contribution in [1.29, 1.82) is 0 Å². The first-order valence-corrected chi connectivity index (χ1v) is 6.96. The largest absolute Gasteiger partial charge is 0.389 e. The van der Waals surface area contributed by atoms with Crippen molar-refractivity contribution in [3.05, 3.63) is 46.7 Å². The summed E-state index contributed by atoms with van der Waals surface area (Å²) in [5.74, 6) is 0. The van der Waals surface area contributed by atoms with Gasteiger partial charge in [0.1, 0.15) is 6.33 Å². The van der Waals surface area contributed by atoms with Crippen LogP contribution in [0, 0.1) is 0 Å². The number of thiophene rings is 1. The Labute approximate surface area is 116 Å². The van der Waals surface area contributed by atoms with Gasteiger partial charge in [-0.3, -0.25) is 0 Å². The van der Waals surface area contributed by atoms with Crippen LogP contribution in [-0.2, 0) is 17.9 Å². The molecule has 0 aliphatic heterocycles. The van der Waals surface area contributed by atoms with Gasteiger partial charge in [-0.05, 0) is 17.5 Å². The topological polar surface area (TPSA) is 67.3 Å². The maximum atomic E-state index is 9.74. The van der Waals surface area contributed by atoms with Gasteiger partial charge in [-0.1, -0.05) is 6.07 Å². The summed E-state index contributed by atoms with van der Waals surface area (Å²) in [7, 11) is 0. The Morgan fingerprint density at radius 3 is 3.11 bits per heavy atom. The normalized spacial score (nSPS) is 12.5. The average molecular weight is 279 g/mol. The first kappa shape index (κ1) is 14.1. The molecule has 0 amide bonds. The fourth-order valence-electron chi connectivity index (χ4n) is 1.54. The molecular formula is C13H17N3O2S. The van der Waals surface area contributed by atoms with Crippen LogP contribution in [0.5, 0.6) is 0 Å². The number of hydrogen-bond acceptors (Lipinski definition) is 6. The molecule has 0 radical (unpaired) electrons. The van der Waals surface area contributed by atoms with Crippen LogP contribution >= 0.6 is 11.3 Å². The average Bonchev–Trinajstić information content (AvgIpc) is 2.93. The molecule has 0 aliphatic rings. The van der Waals surface area contributed by atoms with Crippen molar-refractivity contribution >= 4 is 11.3 Å². The van der Waals surface area contributed by atoms with Crippen LogP contribution in [0.3, 0.4) is 0 Å². The Hall–Kier alpha value is -1.34. The van der Waals surface area contributed by atoms with E-state index in [1.54, 1.807) is 17.5 Å². The molecule has 1 atom stereocenters. The minimum atomic E-state index is -0.512. The van der Waals surface area contributed by atoms with E-state index in [1.807, 2.05) is 23.6 Å². The van der Waals surface area contributed by atoms with Gasteiger partial charge in [0.2, 0.25) is 0 Å². The number of hydrogen-bond donors (Lipinski definition) is 2. The third kappa shape index (κ3) is 5.44. The molecule has 0 saturated carbocycles. The van der Waals surface area contributed by atoms with Crippen molar-refractivity contribution < 1.29 is 9.84 Å². The van der Waals surface area contributed by atoms with Crippen molar-refractivity contribution in [2.24, 2.45) is 0 Å². The van der Waals surface area contributed by atoms with E-state index < -0.39 is 6.10 Å². The summed E-state index contributed by atoms with van der Waals surface area (Å²) in [5, 5.41) is 14.9. The second kappa shape index (κ2) is 7.96. The van der Waals surface area contributed by atoms with E-state index in [4.69, 9.17) is 4.74 Å². The van der Waals surface area contributed by atoms with Crippen molar-refractivity contribution in [3.63, 3.8) is 0 Å². The molecule has 2 rings (SSSR count). The van der Waals surface area contributed by atoms with E-state index in [2.05, 4.69) is 15.3 Å². The first-order valence-electron chi connectivity index (χ1n) is 6.08. The van der Waals surface area contributed by atoms with Gasteiger partial charge in [0, 0.05) is 24.2 Å².